The Morgan fingerprint density at radius 2 is 1.94 bits per heavy atom. The second-order valence-corrected chi connectivity index (χ2v) is 6.35. The van der Waals surface area contributed by atoms with Gasteiger partial charge in [-0.05, 0) is 33.6 Å². The summed E-state index contributed by atoms with van der Waals surface area (Å²) in [6.07, 6.45) is 5.29. The molecule has 7 heteroatoms. The van der Waals surface area contributed by atoms with Gasteiger partial charge < -0.3 is 4.74 Å². The Bertz CT molecular complexity index is 452. The van der Waals surface area contributed by atoms with E-state index in [0.29, 0.717) is 12.8 Å². The average molecular weight is 260 g/mol. The summed E-state index contributed by atoms with van der Waals surface area (Å²) in [6, 6.07) is 0. The van der Waals surface area contributed by atoms with E-state index in [1.165, 1.54) is 0 Å². The van der Waals surface area contributed by atoms with Crippen molar-refractivity contribution in [2.45, 2.75) is 44.8 Å². The summed E-state index contributed by atoms with van der Waals surface area (Å²) in [5.74, 6) is 2.35. The minimum atomic E-state index is -3.98. The van der Waals surface area contributed by atoms with Gasteiger partial charge in [0.1, 0.15) is 5.60 Å². The van der Waals surface area contributed by atoms with Gasteiger partial charge in [-0.1, -0.05) is 5.92 Å². The summed E-state index contributed by atoms with van der Waals surface area (Å²) in [5, 5.41) is 0. The molecule has 0 saturated heterocycles. The van der Waals surface area contributed by atoms with E-state index in [0.717, 1.165) is 0 Å². The van der Waals surface area contributed by atoms with Gasteiger partial charge in [0.05, 0.1) is 5.54 Å². The fourth-order valence-corrected chi connectivity index (χ4v) is 2.18. The summed E-state index contributed by atoms with van der Waals surface area (Å²) < 4.78 is 31.8. The van der Waals surface area contributed by atoms with Crippen molar-refractivity contribution in [1.82, 2.24) is 9.44 Å². The molecule has 6 nitrogen and oxygen atoms in total. The standard InChI is InChI=1S/C10H16N2O4S/c1-5-10(6-7-10)12-17(14,15)11-8(13)16-9(2,3)4/h1,12H,6-7H2,2-4H3,(H,11,13). The molecule has 1 rings (SSSR count). The number of hydrogen-bond acceptors (Lipinski definition) is 4. The fourth-order valence-electron chi connectivity index (χ4n) is 1.09. The number of carbonyl (C=O) groups excluding carboxylic acids is 1. The maximum atomic E-state index is 11.5. The Kier molecular flexibility index (Phi) is 3.41. The monoisotopic (exact) mass is 260 g/mol. The lowest BCUT2D eigenvalue weighted by Gasteiger charge is -2.20. The van der Waals surface area contributed by atoms with Crippen molar-refractivity contribution in [2.75, 3.05) is 0 Å². The number of terminal acetylenes is 1. The summed E-state index contributed by atoms with van der Waals surface area (Å²) in [5.41, 5.74) is -1.60. The molecule has 0 aromatic carbocycles. The molecule has 0 radical (unpaired) electrons. The smallest absolute Gasteiger partial charge is 0.422 e. The summed E-state index contributed by atoms with van der Waals surface area (Å²) in [4.78, 5) is 11.3. The molecule has 1 aliphatic carbocycles. The molecule has 17 heavy (non-hydrogen) atoms. The Balaban J connectivity index is 2.56. The van der Waals surface area contributed by atoms with Gasteiger partial charge in [0.15, 0.2) is 0 Å². The number of ether oxygens (including phenoxy) is 1. The van der Waals surface area contributed by atoms with Crippen LogP contribution in [-0.2, 0) is 14.9 Å². The molecule has 0 heterocycles. The van der Waals surface area contributed by atoms with E-state index in [9.17, 15) is 13.2 Å². The first-order valence-corrected chi connectivity index (χ1v) is 6.58. The lowest BCUT2D eigenvalue weighted by molar-refractivity contribution is 0.0569. The van der Waals surface area contributed by atoms with Gasteiger partial charge in [-0.2, -0.15) is 13.1 Å². The van der Waals surface area contributed by atoms with Crippen LogP contribution in [0.1, 0.15) is 33.6 Å². The van der Waals surface area contributed by atoms with Crippen LogP contribution in [-0.4, -0.2) is 25.7 Å². The predicted octanol–water partition coefficient (Wildman–Crippen LogP) is 0.511. The maximum absolute atomic E-state index is 11.5. The highest BCUT2D eigenvalue weighted by molar-refractivity contribution is 7.88. The second-order valence-electron chi connectivity index (χ2n) is 4.94. The molecule has 1 fully saturated rings. The Morgan fingerprint density at radius 3 is 2.29 bits per heavy atom. The zero-order chi connectivity index (χ0) is 13.3. The SMILES string of the molecule is C#CC1(NS(=O)(=O)NC(=O)OC(C)(C)C)CC1. The Hall–Kier alpha value is -1.26. The van der Waals surface area contributed by atoms with Crippen LogP contribution in [0.3, 0.4) is 0 Å². The molecule has 1 amide bonds. The fraction of sp³-hybridized carbons (Fsp3) is 0.700. The molecule has 0 bridgehead atoms. The first-order chi connectivity index (χ1) is 7.58. The van der Waals surface area contributed by atoms with Crippen LogP contribution >= 0.6 is 0 Å². The van der Waals surface area contributed by atoms with Crippen LogP contribution in [0, 0.1) is 12.3 Å². The summed E-state index contributed by atoms with van der Waals surface area (Å²) in [7, 11) is -3.98. The zero-order valence-corrected chi connectivity index (χ0v) is 10.8. The average Bonchev–Trinajstić information content (AvgIpc) is 2.79. The van der Waals surface area contributed by atoms with Crippen LogP contribution in [0.2, 0.25) is 0 Å². The Morgan fingerprint density at radius 1 is 1.41 bits per heavy atom. The predicted molar refractivity (Wildman–Crippen MR) is 62.2 cm³/mol. The van der Waals surface area contributed by atoms with Crippen molar-refractivity contribution < 1.29 is 17.9 Å². The third-order valence-corrected chi connectivity index (χ3v) is 3.07. The van der Waals surface area contributed by atoms with Gasteiger partial charge in [-0.15, -0.1) is 6.42 Å². The van der Waals surface area contributed by atoms with E-state index in [-0.39, 0.29) is 0 Å². The molecule has 0 aromatic heterocycles. The van der Waals surface area contributed by atoms with Gasteiger partial charge in [-0.3, -0.25) is 0 Å². The molecule has 0 atom stereocenters. The van der Waals surface area contributed by atoms with E-state index in [4.69, 9.17) is 11.2 Å². The van der Waals surface area contributed by atoms with Crippen molar-refractivity contribution >= 4 is 16.3 Å². The molecule has 96 valence electrons. The van der Waals surface area contributed by atoms with E-state index >= 15 is 0 Å². The number of carbonyl (C=O) groups is 1. The van der Waals surface area contributed by atoms with Crippen molar-refractivity contribution in [2.24, 2.45) is 0 Å². The highest BCUT2D eigenvalue weighted by Crippen LogP contribution is 2.34. The molecular formula is C10H16N2O4S. The molecule has 0 aromatic rings. The minimum absolute atomic E-state index is 0.568. The van der Waals surface area contributed by atoms with Crippen LogP contribution in [0.5, 0.6) is 0 Å². The van der Waals surface area contributed by atoms with Gasteiger partial charge in [0.2, 0.25) is 0 Å². The Labute approximate surface area is 101 Å². The highest BCUT2D eigenvalue weighted by Gasteiger charge is 2.44. The molecule has 0 spiro atoms. The topological polar surface area (TPSA) is 84.5 Å². The van der Waals surface area contributed by atoms with Crippen molar-refractivity contribution in [3.05, 3.63) is 0 Å². The van der Waals surface area contributed by atoms with Crippen molar-refractivity contribution in [3.8, 4) is 12.3 Å². The number of amides is 1. The third-order valence-electron chi connectivity index (χ3n) is 1.97. The van der Waals surface area contributed by atoms with Gasteiger partial charge >= 0.3 is 16.3 Å². The lowest BCUT2D eigenvalue weighted by atomic mass is 10.2. The van der Waals surface area contributed by atoms with Crippen LogP contribution in [0.4, 0.5) is 4.79 Å². The quantitative estimate of drug-likeness (QED) is 0.724. The lowest BCUT2D eigenvalue weighted by Crippen LogP contribution is -2.47. The normalized spacial score (nSPS) is 18.0. The molecule has 0 aliphatic heterocycles. The van der Waals surface area contributed by atoms with Crippen molar-refractivity contribution in [3.63, 3.8) is 0 Å². The van der Waals surface area contributed by atoms with E-state index in [1.54, 1.807) is 25.5 Å². The summed E-state index contributed by atoms with van der Waals surface area (Å²) >= 11 is 0. The first-order valence-electron chi connectivity index (χ1n) is 5.10. The van der Waals surface area contributed by atoms with E-state index < -0.39 is 27.4 Å². The van der Waals surface area contributed by atoms with E-state index in [1.807, 2.05) is 0 Å². The molecule has 1 saturated carbocycles. The zero-order valence-electron chi connectivity index (χ0n) is 10.0. The molecule has 0 unspecified atom stereocenters. The van der Waals surface area contributed by atoms with Gasteiger partial charge in [0, 0.05) is 0 Å². The molecule has 2 N–H and O–H groups in total. The number of hydrogen-bond donors (Lipinski definition) is 2. The maximum Gasteiger partial charge on any atom is 0.422 e. The van der Waals surface area contributed by atoms with Crippen LogP contribution < -0.4 is 9.44 Å². The second kappa shape index (κ2) is 4.20. The first kappa shape index (κ1) is 13.8. The molecular weight excluding hydrogens is 244 g/mol. The van der Waals surface area contributed by atoms with Gasteiger partial charge in [0.25, 0.3) is 0 Å². The van der Waals surface area contributed by atoms with Crippen LogP contribution in [0.25, 0.3) is 0 Å². The third kappa shape index (κ3) is 4.63. The number of rotatable bonds is 3. The minimum Gasteiger partial charge on any atom is -0.443 e. The highest BCUT2D eigenvalue weighted by atomic mass is 32.2. The number of nitrogens with one attached hydrogen (secondary N) is 2. The van der Waals surface area contributed by atoms with Crippen LogP contribution in [0.15, 0.2) is 0 Å². The van der Waals surface area contributed by atoms with E-state index in [2.05, 4.69) is 10.6 Å². The molecule has 1 aliphatic rings. The summed E-state index contributed by atoms with van der Waals surface area (Å²) in [6.45, 7) is 4.91. The van der Waals surface area contributed by atoms with Crippen molar-refractivity contribution in [1.29, 1.82) is 0 Å². The largest absolute Gasteiger partial charge is 0.443 e. The van der Waals surface area contributed by atoms with Gasteiger partial charge in [-0.25, -0.2) is 9.52 Å².